The number of para-hydroxylation sites is 1. The minimum absolute atomic E-state index is 0.00577. The number of hydrogen-bond acceptors (Lipinski definition) is 3. The number of aromatic nitrogens is 2. The smallest absolute Gasteiger partial charge is 0.137 e. The van der Waals surface area contributed by atoms with Crippen LogP contribution in [-0.2, 0) is 16.2 Å². The van der Waals surface area contributed by atoms with Gasteiger partial charge in [-0.15, -0.1) is 0 Å². The van der Waals surface area contributed by atoms with Crippen LogP contribution in [0.5, 0.6) is 11.5 Å². The lowest BCUT2D eigenvalue weighted by molar-refractivity contribution is 0.483. The predicted octanol–water partition coefficient (Wildman–Crippen LogP) is 12.3. The highest BCUT2D eigenvalue weighted by atomic mass is 35.5. The third kappa shape index (κ3) is 6.24. The molecule has 0 bridgehead atoms. The van der Waals surface area contributed by atoms with Crippen LogP contribution >= 0.6 is 11.6 Å². The lowest BCUT2D eigenvalue weighted by Gasteiger charge is -2.29. The fourth-order valence-corrected chi connectivity index (χ4v) is 6.21. The van der Waals surface area contributed by atoms with Crippen molar-refractivity contribution in [3.63, 3.8) is 0 Å². The van der Waals surface area contributed by atoms with Gasteiger partial charge in [-0.1, -0.05) is 104 Å². The first kappa shape index (κ1) is 31.7. The molecule has 4 nitrogen and oxygen atoms in total. The largest absolute Gasteiger partial charge is 0.457 e. The summed E-state index contributed by atoms with van der Waals surface area (Å²) in [6.45, 7) is 20.0. The van der Waals surface area contributed by atoms with Crippen molar-refractivity contribution in [3.05, 3.63) is 119 Å². The van der Waals surface area contributed by atoms with Gasteiger partial charge in [-0.3, -0.25) is 4.57 Å². The highest BCUT2D eigenvalue weighted by molar-refractivity contribution is 6.33. The molecule has 236 valence electrons. The number of hydrogen-bond donors (Lipinski definition) is 1. The molecule has 2 aromatic heterocycles. The van der Waals surface area contributed by atoms with Gasteiger partial charge in [-0.05, 0) is 81.5 Å². The molecular formula is C41H44ClN3O. The second-order valence-corrected chi connectivity index (χ2v) is 15.7. The van der Waals surface area contributed by atoms with Gasteiger partial charge < -0.3 is 10.1 Å². The highest BCUT2D eigenvalue weighted by Crippen LogP contribution is 2.41. The monoisotopic (exact) mass is 629 g/mol. The summed E-state index contributed by atoms with van der Waals surface area (Å²) in [6, 6.07) is 31.5. The van der Waals surface area contributed by atoms with Crippen LogP contribution in [0.3, 0.4) is 0 Å². The maximum Gasteiger partial charge on any atom is 0.137 e. The Morgan fingerprint density at radius 1 is 0.630 bits per heavy atom. The number of pyridine rings is 1. The van der Waals surface area contributed by atoms with Crippen molar-refractivity contribution in [1.82, 2.24) is 9.55 Å². The number of halogens is 1. The predicted molar refractivity (Wildman–Crippen MR) is 196 cm³/mol. The molecule has 1 N–H and O–H groups in total. The molecule has 0 aliphatic heterocycles. The number of nitrogens with one attached hydrogen (secondary N) is 1. The lowest BCUT2D eigenvalue weighted by atomic mass is 9.80. The molecule has 0 radical (unpaired) electrons. The van der Waals surface area contributed by atoms with Crippen LogP contribution in [0.25, 0.3) is 27.6 Å². The first-order valence-electron chi connectivity index (χ1n) is 16.0. The molecule has 46 heavy (non-hydrogen) atoms. The maximum atomic E-state index is 6.95. The fourth-order valence-electron chi connectivity index (χ4n) is 5.94. The molecule has 0 aliphatic rings. The summed E-state index contributed by atoms with van der Waals surface area (Å²) in [7, 11) is 0. The normalized spacial score (nSPS) is 12.6. The zero-order valence-corrected chi connectivity index (χ0v) is 29.2. The molecule has 4 aromatic carbocycles. The number of nitrogens with zero attached hydrogens (tertiary/aromatic N) is 2. The van der Waals surface area contributed by atoms with Crippen LogP contribution < -0.4 is 10.1 Å². The van der Waals surface area contributed by atoms with E-state index in [0.717, 1.165) is 45.1 Å². The first-order chi connectivity index (χ1) is 21.6. The molecule has 0 spiro atoms. The van der Waals surface area contributed by atoms with Gasteiger partial charge in [0.15, 0.2) is 0 Å². The van der Waals surface area contributed by atoms with E-state index in [1.807, 2.05) is 36.5 Å². The minimum atomic E-state index is -0.101. The Labute approximate surface area is 278 Å². The van der Waals surface area contributed by atoms with E-state index in [1.165, 1.54) is 22.1 Å². The van der Waals surface area contributed by atoms with E-state index >= 15 is 0 Å². The van der Waals surface area contributed by atoms with E-state index in [-0.39, 0.29) is 16.2 Å². The Balaban J connectivity index is 1.38. The van der Waals surface area contributed by atoms with Crippen molar-refractivity contribution in [1.29, 1.82) is 0 Å². The molecule has 2 heterocycles. The Hall–Kier alpha value is -4.28. The zero-order chi connectivity index (χ0) is 33.0. The second kappa shape index (κ2) is 11.5. The Bertz CT molecular complexity index is 2070. The first-order valence-corrected chi connectivity index (χ1v) is 16.4. The van der Waals surface area contributed by atoms with E-state index in [1.54, 1.807) is 0 Å². The molecule has 6 aromatic rings. The van der Waals surface area contributed by atoms with Gasteiger partial charge in [0, 0.05) is 34.8 Å². The molecule has 0 saturated heterocycles. The summed E-state index contributed by atoms with van der Waals surface area (Å²) in [5.74, 6) is 2.38. The molecule has 0 atom stereocenters. The summed E-state index contributed by atoms with van der Waals surface area (Å²) in [5, 5.41) is 6.68. The van der Waals surface area contributed by atoms with Gasteiger partial charge in [0.05, 0.1) is 21.7 Å². The standard InChI is InChI=1S/C41H44ClN3O/c1-39(2,3)26-19-20-43-37(23-26)45-35-16-11-10-15-31(35)32-18-17-30(25-36(32)45)46-29-14-12-13-28(24-29)44-38-33(41(7,8)9)21-27(22-34(38)42)40(4,5)6/h10-25,44H,1-9H3. The van der Waals surface area contributed by atoms with Crippen LogP contribution in [-0.4, -0.2) is 9.55 Å². The number of ether oxygens (including phenoxy) is 1. The molecular weight excluding hydrogens is 586 g/mol. The van der Waals surface area contributed by atoms with E-state index in [2.05, 4.69) is 133 Å². The van der Waals surface area contributed by atoms with E-state index in [9.17, 15) is 0 Å². The topological polar surface area (TPSA) is 39.1 Å². The van der Waals surface area contributed by atoms with Crippen LogP contribution in [0.1, 0.15) is 79.0 Å². The summed E-state index contributed by atoms with van der Waals surface area (Å²) in [6.07, 6.45) is 1.91. The van der Waals surface area contributed by atoms with Crippen LogP contribution in [0.15, 0.2) is 97.2 Å². The van der Waals surface area contributed by atoms with E-state index < -0.39 is 0 Å². The van der Waals surface area contributed by atoms with Gasteiger partial charge in [0.25, 0.3) is 0 Å². The van der Waals surface area contributed by atoms with Crippen molar-refractivity contribution in [3.8, 4) is 17.3 Å². The number of rotatable bonds is 5. The molecule has 5 heteroatoms. The van der Waals surface area contributed by atoms with Crippen LogP contribution in [0.2, 0.25) is 5.02 Å². The number of benzene rings is 4. The van der Waals surface area contributed by atoms with Crippen molar-refractivity contribution in [2.75, 3.05) is 5.32 Å². The SMILES string of the molecule is CC(C)(C)c1ccnc(-n2c3ccccc3c3ccc(Oc4cccc(Nc5c(Cl)cc(C(C)(C)C)cc5C(C)(C)C)c4)cc32)c1. The van der Waals surface area contributed by atoms with Gasteiger partial charge in [0.1, 0.15) is 17.3 Å². The second-order valence-electron chi connectivity index (χ2n) is 15.3. The van der Waals surface area contributed by atoms with Gasteiger partial charge in [-0.25, -0.2) is 4.98 Å². The Morgan fingerprint density at radius 2 is 1.33 bits per heavy atom. The number of anilines is 2. The molecule has 0 fully saturated rings. The molecule has 0 amide bonds. The van der Waals surface area contributed by atoms with Crippen LogP contribution in [0.4, 0.5) is 11.4 Å². The third-order valence-electron chi connectivity index (χ3n) is 8.59. The molecule has 0 unspecified atom stereocenters. The van der Waals surface area contributed by atoms with E-state index in [0.29, 0.717) is 5.02 Å². The third-order valence-corrected chi connectivity index (χ3v) is 8.89. The lowest BCUT2D eigenvalue weighted by Crippen LogP contribution is -2.18. The Morgan fingerprint density at radius 3 is 2.04 bits per heavy atom. The van der Waals surface area contributed by atoms with Crippen molar-refractivity contribution in [2.45, 2.75) is 78.6 Å². The van der Waals surface area contributed by atoms with Crippen molar-refractivity contribution >= 4 is 44.8 Å². The Kier molecular flexibility index (Phi) is 7.93. The summed E-state index contributed by atoms with van der Waals surface area (Å²) < 4.78 is 8.75. The summed E-state index contributed by atoms with van der Waals surface area (Å²) in [4.78, 5) is 4.81. The van der Waals surface area contributed by atoms with Crippen molar-refractivity contribution in [2.24, 2.45) is 0 Å². The molecule has 0 aliphatic carbocycles. The van der Waals surface area contributed by atoms with E-state index in [4.69, 9.17) is 21.3 Å². The van der Waals surface area contributed by atoms with Gasteiger partial charge in [0.2, 0.25) is 0 Å². The van der Waals surface area contributed by atoms with Gasteiger partial charge >= 0.3 is 0 Å². The fraction of sp³-hybridized carbons (Fsp3) is 0.293. The zero-order valence-electron chi connectivity index (χ0n) is 28.4. The number of fused-ring (bicyclic) bond motifs is 3. The van der Waals surface area contributed by atoms with Crippen LogP contribution in [0, 0.1) is 0 Å². The quantitative estimate of drug-likeness (QED) is 0.206. The summed E-state index contributed by atoms with van der Waals surface area (Å²) >= 11 is 6.95. The van der Waals surface area contributed by atoms with Gasteiger partial charge in [-0.2, -0.15) is 0 Å². The molecule has 0 saturated carbocycles. The average Bonchev–Trinajstić information content (AvgIpc) is 3.30. The summed E-state index contributed by atoms with van der Waals surface area (Å²) in [5.41, 5.74) is 7.54. The minimum Gasteiger partial charge on any atom is -0.457 e. The molecule has 6 rings (SSSR count). The van der Waals surface area contributed by atoms with Crippen molar-refractivity contribution < 1.29 is 4.74 Å². The average molecular weight is 630 g/mol. The maximum absolute atomic E-state index is 6.95. The highest BCUT2D eigenvalue weighted by Gasteiger charge is 2.25.